The lowest BCUT2D eigenvalue weighted by molar-refractivity contribution is 0.0828. The molecule has 1 heterocycles. The number of halogens is 2. The van der Waals surface area contributed by atoms with E-state index in [-0.39, 0.29) is 5.91 Å². The van der Waals surface area contributed by atoms with Crippen molar-refractivity contribution in [2.45, 2.75) is 0 Å². The number of nitrogens with zero attached hydrogens (tertiary/aromatic N) is 1. The van der Waals surface area contributed by atoms with E-state index in [1.54, 1.807) is 20.2 Å². The van der Waals surface area contributed by atoms with Crippen molar-refractivity contribution in [2.75, 3.05) is 14.1 Å². The molecule has 1 aromatic rings. The fraction of sp³-hybridized carbons (Fsp3) is 0.286. The van der Waals surface area contributed by atoms with E-state index in [0.717, 1.165) is 0 Å². The van der Waals surface area contributed by atoms with E-state index in [2.05, 4.69) is 0 Å². The average molecular weight is 224 g/mol. The minimum atomic E-state index is -0.122. The lowest BCUT2D eigenvalue weighted by Crippen LogP contribution is -2.21. The van der Waals surface area contributed by atoms with Gasteiger partial charge in [-0.25, -0.2) is 0 Å². The molecule has 0 atom stereocenters. The Balaban J connectivity index is 3.02. The summed E-state index contributed by atoms with van der Waals surface area (Å²) in [5.41, 5.74) is 0.469. The van der Waals surface area contributed by atoms with E-state index < -0.39 is 0 Å². The maximum absolute atomic E-state index is 11.4. The molecule has 1 aromatic heterocycles. The van der Waals surface area contributed by atoms with Crippen LogP contribution in [0, 0.1) is 0 Å². The van der Waals surface area contributed by atoms with Gasteiger partial charge in [-0.2, -0.15) is 0 Å². The zero-order valence-electron chi connectivity index (χ0n) is 6.60. The normalized spacial score (nSPS) is 10.0. The third-order valence-electron chi connectivity index (χ3n) is 1.29. The number of hydrogen-bond acceptors (Lipinski definition) is 2. The molecule has 66 valence electrons. The molecule has 1 rings (SSSR count). The molecule has 0 saturated heterocycles. The Morgan fingerprint density at radius 3 is 2.42 bits per heavy atom. The Morgan fingerprint density at radius 2 is 2.08 bits per heavy atom. The largest absolute Gasteiger partial charge is 0.345 e. The Kier molecular flexibility index (Phi) is 2.99. The van der Waals surface area contributed by atoms with E-state index in [1.807, 2.05) is 0 Å². The molecule has 0 fully saturated rings. The summed E-state index contributed by atoms with van der Waals surface area (Å²) in [6, 6.07) is 1.58. The number of amides is 1. The zero-order valence-corrected chi connectivity index (χ0v) is 8.93. The highest BCUT2D eigenvalue weighted by Gasteiger charge is 2.15. The average Bonchev–Trinajstić information content (AvgIpc) is 2.28. The van der Waals surface area contributed by atoms with Crippen LogP contribution in [0.3, 0.4) is 0 Å². The van der Waals surface area contributed by atoms with Gasteiger partial charge in [0.05, 0.1) is 9.90 Å². The Morgan fingerprint density at radius 1 is 1.50 bits per heavy atom. The van der Waals surface area contributed by atoms with Crippen LogP contribution < -0.4 is 0 Å². The smallest absolute Gasteiger partial charge is 0.255 e. The minimum Gasteiger partial charge on any atom is -0.345 e. The van der Waals surface area contributed by atoms with Gasteiger partial charge in [0, 0.05) is 14.1 Å². The first kappa shape index (κ1) is 9.84. The van der Waals surface area contributed by atoms with Crippen molar-refractivity contribution in [3.8, 4) is 0 Å². The van der Waals surface area contributed by atoms with Crippen LogP contribution >= 0.6 is 34.5 Å². The zero-order chi connectivity index (χ0) is 9.30. The molecule has 0 saturated carbocycles. The summed E-state index contributed by atoms with van der Waals surface area (Å²) in [7, 11) is 3.34. The number of carbonyl (C=O) groups excluding carboxylic acids is 1. The van der Waals surface area contributed by atoms with E-state index >= 15 is 0 Å². The molecule has 0 bridgehead atoms. The maximum atomic E-state index is 11.4. The number of rotatable bonds is 1. The number of hydrogen-bond donors (Lipinski definition) is 0. The predicted molar refractivity (Wildman–Crippen MR) is 52.4 cm³/mol. The standard InChI is InChI=1S/C7H7Cl2NOS/c1-10(2)7(11)4-3-5(8)12-6(4)9/h3H,1-2H3. The second-order valence-corrected chi connectivity index (χ2v) is 4.72. The molecular weight excluding hydrogens is 217 g/mol. The third-order valence-corrected chi connectivity index (χ3v) is 2.78. The Hall–Kier alpha value is -0.250. The van der Waals surface area contributed by atoms with Crippen LogP contribution in [0.1, 0.15) is 10.4 Å². The second-order valence-electron chi connectivity index (χ2n) is 2.44. The van der Waals surface area contributed by atoms with Crippen LogP contribution in [0.25, 0.3) is 0 Å². The van der Waals surface area contributed by atoms with Gasteiger partial charge in [0.2, 0.25) is 0 Å². The fourth-order valence-corrected chi connectivity index (χ4v) is 2.17. The monoisotopic (exact) mass is 223 g/mol. The first-order valence-corrected chi connectivity index (χ1v) is 4.76. The molecular formula is C7H7Cl2NOS. The molecule has 0 N–H and O–H groups in total. The van der Waals surface area contributed by atoms with Gasteiger partial charge < -0.3 is 4.90 Å². The summed E-state index contributed by atoms with van der Waals surface area (Å²) in [5.74, 6) is -0.122. The first-order valence-electron chi connectivity index (χ1n) is 3.19. The molecule has 0 spiro atoms. The van der Waals surface area contributed by atoms with E-state index in [0.29, 0.717) is 14.2 Å². The summed E-state index contributed by atoms with van der Waals surface area (Å²) in [6.45, 7) is 0. The molecule has 0 aliphatic carbocycles. The molecule has 0 aliphatic heterocycles. The highest BCUT2D eigenvalue weighted by Crippen LogP contribution is 2.31. The Bertz CT molecular complexity index is 308. The Labute approximate surface area is 84.7 Å². The fourth-order valence-electron chi connectivity index (χ4n) is 0.727. The van der Waals surface area contributed by atoms with E-state index in [1.165, 1.54) is 16.2 Å². The molecule has 5 heteroatoms. The van der Waals surface area contributed by atoms with Gasteiger partial charge in [0.25, 0.3) is 5.91 Å². The lowest BCUT2D eigenvalue weighted by Gasteiger charge is -2.08. The summed E-state index contributed by atoms with van der Waals surface area (Å²) in [6.07, 6.45) is 0. The highest BCUT2D eigenvalue weighted by molar-refractivity contribution is 7.20. The van der Waals surface area contributed by atoms with Crippen LogP contribution in [0.15, 0.2) is 6.07 Å². The van der Waals surface area contributed by atoms with Crippen LogP contribution in [-0.2, 0) is 0 Å². The van der Waals surface area contributed by atoms with Gasteiger partial charge >= 0.3 is 0 Å². The van der Waals surface area contributed by atoms with Crippen molar-refractivity contribution in [1.82, 2.24) is 4.90 Å². The van der Waals surface area contributed by atoms with Gasteiger partial charge in [-0.3, -0.25) is 4.79 Å². The molecule has 0 aliphatic rings. The van der Waals surface area contributed by atoms with Gasteiger partial charge in [0.15, 0.2) is 0 Å². The predicted octanol–water partition coefficient (Wildman–Crippen LogP) is 2.76. The highest BCUT2D eigenvalue weighted by atomic mass is 35.5. The van der Waals surface area contributed by atoms with E-state index in [4.69, 9.17) is 23.2 Å². The van der Waals surface area contributed by atoms with Crippen LogP contribution in [-0.4, -0.2) is 24.9 Å². The summed E-state index contributed by atoms with van der Waals surface area (Å²) in [4.78, 5) is 12.8. The second kappa shape index (κ2) is 3.64. The van der Waals surface area contributed by atoms with Crippen molar-refractivity contribution < 1.29 is 4.79 Å². The van der Waals surface area contributed by atoms with Crippen LogP contribution in [0.2, 0.25) is 8.67 Å². The lowest BCUT2D eigenvalue weighted by atomic mass is 10.3. The van der Waals surface area contributed by atoms with Gasteiger partial charge in [-0.05, 0) is 6.07 Å². The van der Waals surface area contributed by atoms with Crippen LogP contribution in [0.4, 0.5) is 0 Å². The van der Waals surface area contributed by atoms with Crippen molar-refractivity contribution >= 4 is 40.4 Å². The maximum Gasteiger partial charge on any atom is 0.255 e. The number of thiophene rings is 1. The number of carbonyl (C=O) groups is 1. The quantitative estimate of drug-likeness (QED) is 0.718. The third kappa shape index (κ3) is 1.91. The summed E-state index contributed by atoms with van der Waals surface area (Å²) in [5, 5.41) is 0. The van der Waals surface area contributed by atoms with Gasteiger partial charge in [0.1, 0.15) is 4.34 Å². The van der Waals surface area contributed by atoms with Crippen LogP contribution in [0.5, 0.6) is 0 Å². The molecule has 0 radical (unpaired) electrons. The van der Waals surface area contributed by atoms with Gasteiger partial charge in [-0.15, -0.1) is 11.3 Å². The minimum absolute atomic E-state index is 0.122. The van der Waals surface area contributed by atoms with Crippen molar-refractivity contribution in [3.63, 3.8) is 0 Å². The van der Waals surface area contributed by atoms with Crippen molar-refractivity contribution in [2.24, 2.45) is 0 Å². The molecule has 0 unspecified atom stereocenters. The topological polar surface area (TPSA) is 20.3 Å². The molecule has 12 heavy (non-hydrogen) atoms. The van der Waals surface area contributed by atoms with E-state index in [9.17, 15) is 4.79 Å². The summed E-state index contributed by atoms with van der Waals surface area (Å²) >= 11 is 12.6. The first-order chi connectivity index (χ1) is 5.52. The summed E-state index contributed by atoms with van der Waals surface area (Å²) < 4.78 is 0.976. The van der Waals surface area contributed by atoms with Crippen molar-refractivity contribution in [3.05, 3.63) is 20.3 Å². The molecule has 0 aromatic carbocycles. The molecule has 1 amide bonds. The van der Waals surface area contributed by atoms with Crippen molar-refractivity contribution in [1.29, 1.82) is 0 Å². The SMILES string of the molecule is CN(C)C(=O)c1cc(Cl)sc1Cl. The van der Waals surface area contributed by atoms with Gasteiger partial charge in [-0.1, -0.05) is 23.2 Å². The molecule has 2 nitrogen and oxygen atoms in total.